The van der Waals surface area contributed by atoms with Crippen LogP contribution >= 0.6 is 0 Å². The van der Waals surface area contributed by atoms with Crippen LogP contribution in [0.3, 0.4) is 0 Å². The summed E-state index contributed by atoms with van der Waals surface area (Å²) in [5.41, 5.74) is 1.24. The van der Waals surface area contributed by atoms with Gasteiger partial charge in [0.15, 0.2) is 5.76 Å². The highest BCUT2D eigenvalue weighted by Gasteiger charge is 2.14. The van der Waals surface area contributed by atoms with E-state index in [4.69, 9.17) is 14.3 Å². The van der Waals surface area contributed by atoms with Crippen molar-refractivity contribution in [3.05, 3.63) is 53.5 Å². The molecule has 0 radical (unpaired) electrons. The van der Waals surface area contributed by atoms with E-state index in [0.717, 1.165) is 0 Å². The van der Waals surface area contributed by atoms with Gasteiger partial charge in [0.25, 0.3) is 5.91 Å². The summed E-state index contributed by atoms with van der Waals surface area (Å²) in [4.78, 5) is 22.9. The number of carbonyl (C=O) groups excluding carboxylic acids is 1. The summed E-state index contributed by atoms with van der Waals surface area (Å²) in [5, 5.41) is 11.6. The molecule has 1 aromatic carbocycles. The molecule has 116 valence electrons. The highest BCUT2D eigenvalue weighted by atomic mass is 16.5. The van der Waals surface area contributed by atoms with Crippen molar-refractivity contribution in [1.82, 2.24) is 0 Å². The van der Waals surface area contributed by atoms with E-state index < -0.39 is 11.9 Å². The molecule has 0 aliphatic heterocycles. The first-order valence-corrected chi connectivity index (χ1v) is 6.73. The van der Waals surface area contributed by atoms with Crippen molar-refractivity contribution < 1.29 is 23.8 Å². The second-order valence-electron chi connectivity index (χ2n) is 4.84. The lowest BCUT2D eigenvalue weighted by Gasteiger charge is -2.08. The summed E-state index contributed by atoms with van der Waals surface area (Å²) in [6.07, 6.45) is 0. The minimum absolute atomic E-state index is 0.190. The lowest BCUT2D eigenvalue weighted by molar-refractivity contribution is -0.138. The Bertz CT molecular complexity index is 659. The normalized spacial score (nSPS) is 11.9. The lowest BCUT2D eigenvalue weighted by Crippen LogP contribution is -2.11. The SMILES string of the molecule is COCc1ccc(C(=O)Nc2ccc(C(C)C(=O)O)cc2)o1. The van der Waals surface area contributed by atoms with E-state index in [1.165, 1.54) is 0 Å². The average molecular weight is 303 g/mol. The minimum Gasteiger partial charge on any atom is -0.481 e. The van der Waals surface area contributed by atoms with Crippen LogP contribution < -0.4 is 5.32 Å². The van der Waals surface area contributed by atoms with Crippen LogP contribution in [0.5, 0.6) is 0 Å². The molecule has 1 amide bonds. The average Bonchev–Trinajstić information content (AvgIpc) is 2.96. The molecule has 1 unspecified atom stereocenters. The first-order valence-electron chi connectivity index (χ1n) is 6.73. The molecule has 6 nitrogen and oxygen atoms in total. The molecule has 0 spiro atoms. The number of carbonyl (C=O) groups is 2. The van der Waals surface area contributed by atoms with Crippen molar-refractivity contribution in [3.8, 4) is 0 Å². The number of anilines is 1. The zero-order chi connectivity index (χ0) is 16.1. The van der Waals surface area contributed by atoms with E-state index in [-0.39, 0.29) is 11.7 Å². The first-order chi connectivity index (χ1) is 10.5. The van der Waals surface area contributed by atoms with Crippen molar-refractivity contribution >= 4 is 17.6 Å². The van der Waals surface area contributed by atoms with Gasteiger partial charge in [0.1, 0.15) is 12.4 Å². The van der Waals surface area contributed by atoms with E-state index in [1.807, 2.05) is 0 Å². The Morgan fingerprint density at radius 2 is 1.91 bits per heavy atom. The number of carboxylic acid groups (broad SMARTS) is 1. The van der Waals surface area contributed by atoms with Crippen molar-refractivity contribution in [3.63, 3.8) is 0 Å². The van der Waals surface area contributed by atoms with E-state index in [1.54, 1.807) is 50.4 Å². The number of amides is 1. The van der Waals surface area contributed by atoms with Gasteiger partial charge in [-0.25, -0.2) is 0 Å². The Morgan fingerprint density at radius 1 is 1.23 bits per heavy atom. The zero-order valence-corrected chi connectivity index (χ0v) is 12.3. The molecule has 1 heterocycles. The molecule has 1 atom stereocenters. The van der Waals surface area contributed by atoms with Gasteiger partial charge in [0.05, 0.1) is 5.92 Å². The van der Waals surface area contributed by atoms with Gasteiger partial charge in [0.2, 0.25) is 0 Å². The number of hydrogen-bond donors (Lipinski definition) is 2. The van der Waals surface area contributed by atoms with E-state index in [0.29, 0.717) is 23.6 Å². The number of nitrogens with one attached hydrogen (secondary N) is 1. The fourth-order valence-electron chi connectivity index (χ4n) is 1.91. The van der Waals surface area contributed by atoms with Gasteiger partial charge < -0.3 is 19.6 Å². The van der Waals surface area contributed by atoms with Crippen LogP contribution in [0.2, 0.25) is 0 Å². The van der Waals surface area contributed by atoms with Crippen molar-refractivity contribution in [2.45, 2.75) is 19.4 Å². The number of benzene rings is 1. The Labute approximate surface area is 127 Å². The van der Waals surface area contributed by atoms with Gasteiger partial charge in [-0.15, -0.1) is 0 Å². The number of methoxy groups -OCH3 is 1. The number of rotatable bonds is 6. The second-order valence-corrected chi connectivity index (χ2v) is 4.84. The standard InChI is InChI=1S/C16H17NO5/c1-10(16(19)20)11-3-5-12(6-4-11)17-15(18)14-8-7-13(22-14)9-21-2/h3-8,10H,9H2,1-2H3,(H,17,18)(H,19,20). The number of carboxylic acids is 1. The molecular formula is C16H17NO5. The summed E-state index contributed by atoms with van der Waals surface area (Å²) in [6.45, 7) is 1.91. The summed E-state index contributed by atoms with van der Waals surface area (Å²) < 4.78 is 10.3. The maximum Gasteiger partial charge on any atom is 0.310 e. The van der Waals surface area contributed by atoms with Gasteiger partial charge in [-0.3, -0.25) is 9.59 Å². The Kier molecular flexibility index (Phi) is 4.95. The highest BCUT2D eigenvalue weighted by Crippen LogP contribution is 2.19. The predicted octanol–water partition coefficient (Wildman–Crippen LogP) is 2.87. The molecule has 2 N–H and O–H groups in total. The first kappa shape index (κ1) is 15.8. The number of hydrogen-bond acceptors (Lipinski definition) is 4. The fourth-order valence-corrected chi connectivity index (χ4v) is 1.91. The third-order valence-corrected chi connectivity index (χ3v) is 3.21. The van der Waals surface area contributed by atoms with Crippen LogP contribution in [-0.4, -0.2) is 24.1 Å². The summed E-state index contributed by atoms with van der Waals surface area (Å²) >= 11 is 0. The summed E-state index contributed by atoms with van der Waals surface area (Å²) in [6, 6.07) is 9.91. The maximum atomic E-state index is 12.0. The van der Waals surface area contributed by atoms with Crippen LogP contribution in [0.15, 0.2) is 40.8 Å². The Balaban J connectivity index is 2.03. The van der Waals surface area contributed by atoms with Crippen LogP contribution in [-0.2, 0) is 16.1 Å². The van der Waals surface area contributed by atoms with Gasteiger partial charge in [-0.1, -0.05) is 12.1 Å². The molecule has 0 saturated heterocycles. The van der Waals surface area contributed by atoms with Gasteiger partial charge in [0, 0.05) is 12.8 Å². The van der Waals surface area contributed by atoms with E-state index >= 15 is 0 Å². The molecule has 1 aromatic heterocycles. The molecule has 6 heteroatoms. The molecule has 0 saturated carbocycles. The van der Waals surface area contributed by atoms with Crippen molar-refractivity contribution in [2.24, 2.45) is 0 Å². The van der Waals surface area contributed by atoms with E-state index in [2.05, 4.69) is 5.32 Å². The molecule has 2 rings (SSSR count). The number of furan rings is 1. The highest BCUT2D eigenvalue weighted by molar-refractivity contribution is 6.02. The van der Waals surface area contributed by atoms with Crippen LogP contribution in [0.25, 0.3) is 0 Å². The van der Waals surface area contributed by atoms with E-state index in [9.17, 15) is 9.59 Å². The minimum atomic E-state index is -0.891. The molecule has 0 aliphatic carbocycles. The second kappa shape index (κ2) is 6.91. The molecule has 22 heavy (non-hydrogen) atoms. The summed E-state index contributed by atoms with van der Waals surface area (Å²) in [5.74, 6) is -1.10. The molecule has 0 bridgehead atoms. The smallest absolute Gasteiger partial charge is 0.310 e. The monoisotopic (exact) mass is 303 g/mol. The summed E-state index contributed by atoms with van der Waals surface area (Å²) in [7, 11) is 1.54. The van der Waals surface area contributed by atoms with Crippen LogP contribution in [0.1, 0.15) is 34.7 Å². The fraction of sp³-hybridized carbons (Fsp3) is 0.250. The third-order valence-electron chi connectivity index (χ3n) is 3.21. The number of aliphatic carboxylic acids is 1. The van der Waals surface area contributed by atoms with Gasteiger partial charge in [-0.05, 0) is 36.8 Å². The van der Waals surface area contributed by atoms with Crippen LogP contribution in [0, 0.1) is 0 Å². The molecule has 2 aromatic rings. The van der Waals surface area contributed by atoms with Crippen molar-refractivity contribution in [2.75, 3.05) is 12.4 Å². The third kappa shape index (κ3) is 3.73. The number of ether oxygens (including phenoxy) is 1. The lowest BCUT2D eigenvalue weighted by atomic mass is 10.0. The molecular weight excluding hydrogens is 286 g/mol. The van der Waals surface area contributed by atoms with Crippen LogP contribution in [0.4, 0.5) is 5.69 Å². The quantitative estimate of drug-likeness (QED) is 0.856. The Morgan fingerprint density at radius 3 is 2.50 bits per heavy atom. The topological polar surface area (TPSA) is 88.8 Å². The van der Waals surface area contributed by atoms with Gasteiger partial charge >= 0.3 is 5.97 Å². The van der Waals surface area contributed by atoms with Crippen molar-refractivity contribution in [1.29, 1.82) is 0 Å². The Hall–Kier alpha value is -2.60. The molecule has 0 aliphatic rings. The molecule has 0 fully saturated rings. The maximum absolute atomic E-state index is 12.0. The van der Waals surface area contributed by atoms with Gasteiger partial charge in [-0.2, -0.15) is 0 Å². The largest absolute Gasteiger partial charge is 0.481 e. The predicted molar refractivity (Wildman–Crippen MR) is 79.9 cm³/mol. The zero-order valence-electron chi connectivity index (χ0n) is 12.3.